The molecule has 10 heteroatoms. The number of unbranched alkanes of at least 4 members (excludes halogenated alkanes) is 1. The first-order valence-corrected chi connectivity index (χ1v) is 10.1. The zero-order chi connectivity index (χ0) is 22.8. The number of guanidine groups is 1. The smallest absolute Gasteiger partial charge is 0.280 e. The Morgan fingerprint density at radius 1 is 1.13 bits per heavy atom. The van der Waals surface area contributed by atoms with Gasteiger partial charge in [0, 0.05) is 13.1 Å². The van der Waals surface area contributed by atoms with Crippen molar-refractivity contribution in [1.82, 2.24) is 20.2 Å². The molecule has 7 N–H and O–H groups in total. The number of hydrogen-bond donors (Lipinski definition) is 4. The maximum absolute atomic E-state index is 12.2. The van der Waals surface area contributed by atoms with Gasteiger partial charge in [-0.05, 0) is 58.0 Å². The van der Waals surface area contributed by atoms with E-state index in [0.717, 1.165) is 31.6 Å². The fourth-order valence-corrected chi connectivity index (χ4v) is 2.67. The molecule has 10 nitrogen and oxygen atoms in total. The highest BCUT2D eigenvalue weighted by Gasteiger charge is 2.15. The van der Waals surface area contributed by atoms with Gasteiger partial charge in [0.25, 0.3) is 5.91 Å². The fourth-order valence-electron chi connectivity index (χ4n) is 2.67. The molecule has 168 valence electrons. The Kier molecular flexibility index (Phi) is 9.01. The molecule has 0 aliphatic carbocycles. The number of amides is 1. The van der Waals surface area contributed by atoms with Crippen molar-refractivity contribution in [3.63, 3.8) is 0 Å². The fraction of sp³-hybridized carbons (Fsp3) is 0.429. The van der Waals surface area contributed by atoms with Crippen LogP contribution < -0.4 is 27.3 Å². The number of hydrogen-bond acceptors (Lipinski definition) is 8. The van der Waals surface area contributed by atoms with Crippen molar-refractivity contribution < 1.29 is 9.53 Å². The van der Waals surface area contributed by atoms with E-state index in [9.17, 15) is 4.79 Å². The SMILES string of the molecule is Cc1nc(C(=O)NC(N)=NCCCCc2ccc(OCCN(C)C)cc2)c(N)nc1N. The van der Waals surface area contributed by atoms with Gasteiger partial charge in [0.2, 0.25) is 0 Å². The molecule has 2 rings (SSSR count). The summed E-state index contributed by atoms with van der Waals surface area (Å²) in [4.78, 5) is 26.4. The number of carbonyl (C=O) groups excluding carboxylic acids is 1. The van der Waals surface area contributed by atoms with Crippen molar-refractivity contribution in [3.8, 4) is 5.75 Å². The Labute approximate surface area is 182 Å². The molecular formula is C21H32N8O2. The van der Waals surface area contributed by atoms with E-state index in [1.807, 2.05) is 26.2 Å². The van der Waals surface area contributed by atoms with Crippen molar-refractivity contribution in [1.29, 1.82) is 0 Å². The zero-order valence-electron chi connectivity index (χ0n) is 18.4. The molecule has 1 amide bonds. The molecule has 1 heterocycles. The summed E-state index contributed by atoms with van der Waals surface area (Å²) in [5.74, 6) is 0.451. The minimum atomic E-state index is -0.567. The maximum Gasteiger partial charge on any atom is 0.280 e. The summed E-state index contributed by atoms with van der Waals surface area (Å²) < 4.78 is 5.69. The van der Waals surface area contributed by atoms with E-state index in [2.05, 4.69) is 37.3 Å². The molecule has 2 aromatic rings. The summed E-state index contributed by atoms with van der Waals surface area (Å²) in [6, 6.07) is 8.13. The largest absolute Gasteiger partial charge is 0.492 e. The number of aromatic nitrogens is 2. The second-order valence-corrected chi connectivity index (χ2v) is 7.40. The number of anilines is 2. The molecule has 0 bridgehead atoms. The van der Waals surface area contributed by atoms with Gasteiger partial charge in [-0.3, -0.25) is 15.1 Å². The number of rotatable bonds is 10. The summed E-state index contributed by atoms with van der Waals surface area (Å²) in [7, 11) is 4.03. The van der Waals surface area contributed by atoms with Crippen LogP contribution in [0.4, 0.5) is 11.6 Å². The molecule has 0 unspecified atom stereocenters. The number of aryl methyl sites for hydroxylation is 2. The average Bonchev–Trinajstić information content (AvgIpc) is 2.71. The van der Waals surface area contributed by atoms with Gasteiger partial charge in [-0.2, -0.15) is 0 Å². The Hall–Kier alpha value is -3.40. The third kappa shape index (κ3) is 8.09. The predicted molar refractivity (Wildman–Crippen MR) is 123 cm³/mol. The molecule has 1 aromatic carbocycles. The molecule has 0 saturated heterocycles. The van der Waals surface area contributed by atoms with Gasteiger partial charge >= 0.3 is 0 Å². The van der Waals surface area contributed by atoms with Crippen LogP contribution in [0.15, 0.2) is 29.3 Å². The monoisotopic (exact) mass is 428 g/mol. The molecule has 0 aliphatic rings. The van der Waals surface area contributed by atoms with Crippen LogP contribution in [0.1, 0.15) is 34.6 Å². The summed E-state index contributed by atoms with van der Waals surface area (Å²) in [6.45, 7) is 3.69. The lowest BCUT2D eigenvalue weighted by Crippen LogP contribution is -2.38. The van der Waals surface area contributed by atoms with Gasteiger partial charge in [0.15, 0.2) is 17.5 Å². The van der Waals surface area contributed by atoms with E-state index in [1.54, 1.807) is 6.92 Å². The van der Waals surface area contributed by atoms with E-state index in [-0.39, 0.29) is 23.3 Å². The van der Waals surface area contributed by atoms with E-state index in [0.29, 0.717) is 18.8 Å². The number of nitrogen functional groups attached to an aromatic ring is 2. The van der Waals surface area contributed by atoms with Gasteiger partial charge in [0.05, 0.1) is 5.69 Å². The molecule has 1 aromatic heterocycles. The highest BCUT2D eigenvalue weighted by Crippen LogP contribution is 2.14. The minimum Gasteiger partial charge on any atom is -0.492 e. The standard InChI is InChI=1S/C21H32N8O2/c1-14-18(22)27-19(23)17(26-14)20(30)28-21(24)25-11-5-4-6-15-7-9-16(10-8-15)31-13-12-29(2)3/h7-10H,4-6,11-13H2,1-3H3,(H4,22,23,27)(H3,24,25,28,30). The first-order chi connectivity index (χ1) is 14.8. The van der Waals surface area contributed by atoms with Gasteiger partial charge in [-0.15, -0.1) is 0 Å². The number of benzene rings is 1. The number of aliphatic imine (C=N–C) groups is 1. The highest BCUT2D eigenvalue weighted by molar-refractivity contribution is 6.06. The number of nitrogens with zero attached hydrogens (tertiary/aromatic N) is 4. The quantitative estimate of drug-likeness (QED) is 0.247. The normalized spacial score (nSPS) is 11.5. The predicted octanol–water partition coefficient (Wildman–Crippen LogP) is 0.957. The van der Waals surface area contributed by atoms with Gasteiger partial charge in [-0.25, -0.2) is 9.97 Å². The lowest BCUT2D eigenvalue weighted by atomic mass is 10.1. The van der Waals surface area contributed by atoms with Crippen LogP contribution in [-0.4, -0.2) is 60.5 Å². The first kappa shape index (κ1) is 23.9. The van der Waals surface area contributed by atoms with Crippen LogP contribution in [0.5, 0.6) is 5.75 Å². The van der Waals surface area contributed by atoms with E-state index < -0.39 is 5.91 Å². The summed E-state index contributed by atoms with van der Waals surface area (Å²) in [5, 5.41) is 2.47. The topological polar surface area (TPSA) is 158 Å². The number of nitrogens with one attached hydrogen (secondary N) is 1. The first-order valence-electron chi connectivity index (χ1n) is 10.1. The van der Waals surface area contributed by atoms with Crippen molar-refractivity contribution in [2.45, 2.75) is 26.2 Å². The van der Waals surface area contributed by atoms with Crippen LogP contribution in [0.2, 0.25) is 0 Å². The average molecular weight is 429 g/mol. The van der Waals surface area contributed by atoms with E-state index >= 15 is 0 Å². The second-order valence-electron chi connectivity index (χ2n) is 7.40. The highest BCUT2D eigenvalue weighted by atomic mass is 16.5. The molecule has 0 fully saturated rings. The number of likely N-dealkylation sites (N-methyl/N-ethyl adjacent to an activating group) is 1. The minimum absolute atomic E-state index is 0.0138. The molecule has 0 radical (unpaired) electrons. The third-order valence-corrected chi connectivity index (χ3v) is 4.48. The van der Waals surface area contributed by atoms with Gasteiger partial charge in [0.1, 0.15) is 18.2 Å². The Bertz CT molecular complexity index is 897. The van der Waals surface area contributed by atoms with E-state index in [4.69, 9.17) is 21.9 Å². The number of nitrogens with two attached hydrogens (primary N) is 3. The third-order valence-electron chi connectivity index (χ3n) is 4.48. The summed E-state index contributed by atoms with van der Waals surface area (Å²) in [6.07, 6.45) is 2.71. The molecular weight excluding hydrogens is 396 g/mol. The maximum atomic E-state index is 12.2. The molecule has 0 aliphatic heterocycles. The molecule has 0 spiro atoms. The van der Waals surface area contributed by atoms with Crippen molar-refractivity contribution in [2.75, 3.05) is 45.3 Å². The van der Waals surface area contributed by atoms with Crippen molar-refractivity contribution in [3.05, 3.63) is 41.2 Å². The molecule has 31 heavy (non-hydrogen) atoms. The van der Waals surface area contributed by atoms with Crippen LogP contribution in [0.25, 0.3) is 0 Å². The Morgan fingerprint density at radius 2 is 1.84 bits per heavy atom. The van der Waals surface area contributed by atoms with E-state index in [1.165, 1.54) is 5.56 Å². The van der Waals surface area contributed by atoms with Crippen LogP contribution >= 0.6 is 0 Å². The lowest BCUT2D eigenvalue weighted by molar-refractivity contribution is 0.0972. The summed E-state index contributed by atoms with van der Waals surface area (Å²) in [5.41, 5.74) is 18.7. The van der Waals surface area contributed by atoms with Crippen LogP contribution in [-0.2, 0) is 6.42 Å². The van der Waals surface area contributed by atoms with Gasteiger partial charge < -0.3 is 26.8 Å². The van der Waals surface area contributed by atoms with Crippen molar-refractivity contribution >= 4 is 23.5 Å². The second kappa shape index (κ2) is 11.7. The number of carbonyl (C=O) groups is 1. The zero-order valence-corrected chi connectivity index (χ0v) is 18.4. The van der Waals surface area contributed by atoms with Gasteiger partial charge in [-0.1, -0.05) is 12.1 Å². The van der Waals surface area contributed by atoms with Crippen molar-refractivity contribution in [2.24, 2.45) is 10.7 Å². The molecule has 0 atom stereocenters. The Morgan fingerprint density at radius 3 is 2.52 bits per heavy atom. The number of ether oxygens (including phenoxy) is 1. The lowest BCUT2D eigenvalue weighted by Gasteiger charge is -2.11. The Balaban J connectivity index is 1.71. The molecule has 0 saturated carbocycles. The summed E-state index contributed by atoms with van der Waals surface area (Å²) >= 11 is 0. The van der Waals surface area contributed by atoms with Crippen LogP contribution in [0, 0.1) is 6.92 Å². The van der Waals surface area contributed by atoms with Crippen LogP contribution in [0.3, 0.4) is 0 Å².